The van der Waals surface area contributed by atoms with E-state index in [9.17, 15) is 4.39 Å². The van der Waals surface area contributed by atoms with Gasteiger partial charge in [0.25, 0.3) is 0 Å². The van der Waals surface area contributed by atoms with Gasteiger partial charge in [0, 0.05) is 24.8 Å². The Morgan fingerprint density at radius 2 is 2.25 bits per heavy atom. The Labute approximate surface area is 96.5 Å². The summed E-state index contributed by atoms with van der Waals surface area (Å²) in [5.41, 5.74) is 2.49. The molecule has 2 rings (SSSR count). The van der Waals surface area contributed by atoms with Crippen molar-refractivity contribution in [2.24, 2.45) is 0 Å². The molecule has 1 atom stereocenters. The number of nitrogens with zero attached hydrogens (tertiary/aromatic N) is 1. The van der Waals surface area contributed by atoms with Crippen molar-refractivity contribution in [3.63, 3.8) is 0 Å². The van der Waals surface area contributed by atoms with E-state index in [0.717, 1.165) is 19.4 Å². The first-order valence-electron chi connectivity index (χ1n) is 5.94. The molecule has 0 spiro atoms. The summed E-state index contributed by atoms with van der Waals surface area (Å²) in [4.78, 5) is 2.16. The third-order valence-electron chi connectivity index (χ3n) is 3.28. The predicted molar refractivity (Wildman–Crippen MR) is 65.7 cm³/mol. The van der Waals surface area contributed by atoms with Gasteiger partial charge < -0.3 is 10.2 Å². The average molecular weight is 222 g/mol. The van der Waals surface area contributed by atoms with Crippen LogP contribution in [0.5, 0.6) is 0 Å². The molecule has 0 amide bonds. The van der Waals surface area contributed by atoms with Crippen molar-refractivity contribution in [3.8, 4) is 0 Å². The summed E-state index contributed by atoms with van der Waals surface area (Å²) in [5.74, 6) is 0. The van der Waals surface area contributed by atoms with E-state index < -0.39 is 0 Å². The van der Waals surface area contributed by atoms with E-state index in [-0.39, 0.29) is 6.67 Å². The van der Waals surface area contributed by atoms with Crippen molar-refractivity contribution in [2.75, 3.05) is 31.7 Å². The molecule has 0 aliphatic carbocycles. The minimum atomic E-state index is -0.279. The quantitative estimate of drug-likeness (QED) is 0.845. The van der Waals surface area contributed by atoms with Gasteiger partial charge in [-0.1, -0.05) is 18.2 Å². The van der Waals surface area contributed by atoms with Gasteiger partial charge in [0.2, 0.25) is 0 Å². The minimum Gasteiger partial charge on any atom is -0.369 e. The van der Waals surface area contributed by atoms with Crippen molar-refractivity contribution < 1.29 is 4.39 Å². The molecule has 1 aromatic carbocycles. The number of para-hydroxylation sites is 1. The zero-order valence-electron chi connectivity index (χ0n) is 9.75. The van der Waals surface area contributed by atoms with E-state index in [4.69, 9.17) is 0 Å². The molecule has 0 saturated carbocycles. The highest BCUT2D eigenvalue weighted by molar-refractivity contribution is 5.55. The molecule has 0 saturated heterocycles. The lowest BCUT2D eigenvalue weighted by Gasteiger charge is -2.24. The van der Waals surface area contributed by atoms with Gasteiger partial charge in [-0.15, -0.1) is 0 Å². The summed E-state index contributed by atoms with van der Waals surface area (Å²) in [6, 6.07) is 8.73. The first-order chi connectivity index (χ1) is 7.86. The smallest absolute Gasteiger partial charge is 0.107 e. The van der Waals surface area contributed by atoms with Crippen LogP contribution < -0.4 is 10.2 Å². The second-order valence-corrected chi connectivity index (χ2v) is 4.22. The van der Waals surface area contributed by atoms with Crippen LogP contribution in [0.1, 0.15) is 24.4 Å². The maximum Gasteiger partial charge on any atom is 0.107 e. The standard InChI is InChI=1S/C13H19FN2/c1-15-12-6-4-9-16(10-8-14)13-7-3-2-5-11(12)13/h2-3,5,7,12,15H,4,6,8-10H2,1H3. The van der Waals surface area contributed by atoms with Crippen molar-refractivity contribution in [3.05, 3.63) is 29.8 Å². The van der Waals surface area contributed by atoms with Crippen LogP contribution in [0.3, 0.4) is 0 Å². The van der Waals surface area contributed by atoms with E-state index in [0.29, 0.717) is 12.6 Å². The van der Waals surface area contributed by atoms with Crippen LogP contribution in [0, 0.1) is 0 Å². The van der Waals surface area contributed by atoms with E-state index in [1.165, 1.54) is 11.3 Å². The molecule has 0 radical (unpaired) electrons. The molecule has 1 aliphatic heterocycles. The third-order valence-corrected chi connectivity index (χ3v) is 3.28. The molecule has 3 heteroatoms. The van der Waals surface area contributed by atoms with Gasteiger partial charge in [-0.2, -0.15) is 0 Å². The Balaban J connectivity index is 2.34. The second-order valence-electron chi connectivity index (χ2n) is 4.22. The van der Waals surface area contributed by atoms with Crippen molar-refractivity contribution in [1.29, 1.82) is 0 Å². The largest absolute Gasteiger partial charge is 0.369 e. The van der Waals surface area contributed by atoms with Crippen molar-refractivity contribution in [2.45, 2.75) is 18.9 Å². The molecular weight excluding hydrogens is 203 g/mol. The lowest BCUT2D eigenvalue weighted by Crippen LogP contribution is -2.26. The van der Waals surface area contributed by atoms with Gasteiger partial charge in [-0.25, -0.2) is 4.39 Å². The van der Waals surface area contributed by atoms with Crippen LogP contribution in [0.4, 0.5) is 10.1 Å². The summed E-state index contributed by atoms with van der Waals surface area (Å²) >= 11 is 0. The molecule has 0 fully saturated rings. The fourth-order valence-corrected chi connectivity index (χ4v) is 2.47. The Bertz CT molecular complexity index is 340. The number of fused-ring (bicyclic) bond motifs is 1. The number of nitrogens with one attached hydrogen (secondary N) is 1. The predicted octanol–water partition coefficient (Wildman–Crippen LogP) is 2.52. The Morgan fingerprint density at radius 1 is 1.44 bits per heavy atom. The summed E-state index contributed by atoms with van der Waals surface area (Å²) in [7, 11) is 1.99. The molecule has 2 nitrogen and oxygen atoms in total. The van der Waals surface area contributed by atoms with Crippen LogP contribution in [-0.4, -0.2) is 26.8 Å². The number of benzene rings is 1. The Hall–Kier alpha value is -1.09. The van der Waals surface area contributed by atoms with E-state index >= 15 is 0 Å². The van der Waals surface area contributed by atoms with Crippen LogP contribution in [0.25, 0.3) is 0 Å². The zero-order valence-corrected chi connectivity index (χ0v) is 9.75. The van der Waals surface area contributed by atoms with E-state index in [2.05, 4.69) is 28.4 Å². The molecule has 0 aromatic heterocycles. The topological polar surface area (TPSA) is 15.3 Å². The van der Waals surface area contributed by atoms with Gasteiger partial charge in [-0.3, -0.25) is 0 Å². The molecule has 0 bridgehead atoms. The maximum absolute atomic E-state index is 12.5. The normalized spacial score (nSPS) is 20.4. The highest BCUT2D eigenvalue weighted by Crippen LogP contribution is 2.32. The minimum absolute atomic E-state index is 0.279. The summed E-state index contributed by atoms with van der Waals surface area (Å²) in [6.07, 6.45) is 2.23. The SMILES string of the molecule is CNC1CCCN(CCF)c2ccccc21. The first kappa shape index (κ1) is 11.4. The van der Waals surface area contributed by atoms with Crippen LogP contribution in [0.2, 0.25) is 0 Å². The van der Waals surface area contributed by atoms with Gasteiger partial charge in [0.1, 0.15) is 6.67 Å². The second kappa shape index (κ2) is 5.30. The number of halogens is 1. The highest BCUT2D eigenvalue weighted by atomic mass is 19.1. The monoisotopic (exact) mass is 222 g/mol. The van der Waals surface area contributed by atoms with Gasteiger partial charge in [0.15, 0.2) is 0 Å². The van der Waals surface area contributed by atoms with Gasteiger partial charge in [-0.05, 0) is 31.5 Å². The van der Waals surface area contributed by atoms with Crippen LogP contribution in [-0.2, 0) is 0 Å². The lowest BCUT2D eigenvalue weighted by atomic mass is 10.0. The fourth-order valence-electron chi connectivity index (χ4n) is 2.47. The Kier molecular flexibility index (Phi) is 3.78. The molecule has 1 aromatic rings. The van der Waals surface area contributed by atoms with Crippen LogP contribution >= 0.6 is 0 Å². The fraction of sp³-hybridized carbons (Fsp3) is 0.538. The summed E-state index contributed by atoms with van der Waals surface area (Å²) in [5, 5.41) is 3.34. The number of rotatable bonds is 3. The molecule has 1 heterocycles. The average Bonchev–Trinajstić information content (AvgIpc) is 2.50. The number of hydrogen-bond acceptors (Lipinski definition) is 2. The molecule has 1 unspecified atom stereocenters. The Morgan fingerprint density at radius 3 is 3.00 bits per heavy atom. The molecule has 1 aliphatic rings. The summed E-state index contributed by atoms with van der Waals surface area (Å²) < 4.78 is 12.5. The van der Waals surface area contributed by atoms with Gasteiger partial charge in [0.05, 0.1) is 0 Å². The zero-order chi connectivity index (χ0) is 11.4. The van der Waals surface area contributed by atoms with E-state index in [1.54, 1.807) is 0 Å². The maximum atomic E-state index is 12.5. The number of anilines is 1. The first-order valence-corrected chi connectivity index (χ1v) is 5.94. The molecular formula is C13H19FN2. The van der Waals surface area contributed by atoms with Crippen LogP contribution in [0.15, 0.2) is 24.3 Å². The molecule has 88 valence electrons. The molecule has 1 N–H and O–H groups in total. The third kappa shape index (κ3) is 2.19. The molecule has 16 heavy (non-hydrogen) atoms. The van der Waals surface area contributed by atoms with Gasteiger partial charge >= 0.3 is 0 Å². The summed E-state index contributed by atoms with van der Waals surface area (Å²) in [6.45, 7) is 1.19. The van der Waals surface area contributed by atoms with Crippen molar-refractivity contribution in [1.82, 2.24) is 5.32 Å². The lowest BCUT2D eigenvalue weighted by molar-refractivity contribution is 0.486. The van der Waals surface area contributed by atoms with Crippen molar-refractivity contribution >= 4 is 5.69 Å². The number of hydrogen-bond donors (Lipinski definition) is 1. The van der Waals surface area contributed by atoms with E-state index in [1.807, 2.05) is 13.1 Å². The highest BCUT2D eigenvalue weighted by Gasteiger charge is 2.20. The number of alkyl halides is 1.